The molecule has 7 nitrogen and oxygen atoms in total. The van der Waals surface area contributed by atoms with Crippen LogP contribution < -0.4 is 16.1 Å². The van der Waals surface area contributed by atoms with Gasteiger partial charge in [0, 0.05) is 49.0 Å². The van der Waals surface area contributed by atoms with Crippen molar-refractivity contribution in [2.45, 2.75) is 20.3 Å². The minimum Gasteiger partial charge on any atom is -0.455 e. The number of anilines is 1. The van der Waals surface area contributed by atoms with Crippen molar-refractivity contribution >= 4 is 33.5 Å². The van der Waals surface area contributed by atoms with Crippen LogP contribution in [-0.2, 0) is 13.5 Å². The molecule has 0 aliphatic carbocycles. The average Bonchev–Trinajstić information content (AvgIpc) is 3.25. The summed E-state index contributed by atoms with van der Waals surface area (Å²) in [6.07, 6.45) is 2.57. The zero-order valence-electron chi connectivity index (χ0n) is 20.8. The highest BCUT2D eigenvalue weighted by Gasteiger charge is 2.17. The Balaban J connectivity index is 1.53. The number of rotatable bonds is 6. The summed E-state index contributed by atoms with van der Waals surface area (Å²) in [6, 6.07) is 17.2. The van der Waals surface area contributed by atoms with Crippen LogP contribution >= 0.6 is 0 Å². The highest BCUT2D eigenvalue weighted by molar-refractivity contribution is 5.99. The number of nitrogens with one attached hydrogen (secondary N) is 2. The van der Waals surface area contributed by atoms with Crippen LogP contribution in [0.15, 0.2) is 70.0 Å². The van der Waals surface area contributed by atoms with Gasteiger partial charge in [-0.1, -0.05) is 18.2 Å². The monoisotopic (exact) mass is 480 g/mol. The zero-order valence-corrected chi connectivity index (χ0v) is 20.8. The fourth-order valence-corrected chi connectivity index (χ4v) is 4.67. The lowest BCUT2D eigenvalue weighted by atomic mass is 10.00. The van der Waals surface area contributed by atoms with Crippen molar-refractivity contribution in [2.24, 2.45) is 7.05 Å². The maximum absolute atomic E-state index is 13.4. The van der Waals surface area contributed by atoms with Crippen LogP contribution in [0.1, 0.15) is 27.0 Å². The van der Waals surface area contributed by atoms with Gasteiger partial charge in [-0.3, -0.25) is 14.3 Å². The summed E-state index contributed by atoms with van der Waals surface area (Å²) in [6.45, 7) is 4.37. The van der Waals surface area contributed by atoms with E-state index in [1.165, 1.54) is 0 Å². The Morgan fingerprint density at radius 1 is 1.08 bits per heavy atom. The summed E-state index contributed by atoms with van der Waals surface area (Å²) in [5.41, 5.74) is 6.17. The normalized spacial score (nSPS) is 11.2. The quantitative estimate of drug-likeness (QED) is 0.358. The molecule has 3 aromatic carbocycles. The van der Waals surface area contributed by atoms with Crippen LogP contribution in [0.4, 0.5) is 5.69 Å². The van der Waals surface area contributed by atoms with Crippen molar-refractivity contribution in [3.8, 4) is 11.3 Å². The molecule has 36 heavy (non-hydrogen) atoms. The largest absolute Gasteiger partial charge is 0.455 e. The van der Waals surface area contributed by atoms with Gasteiger partial charge in [-0.15, -0.1) is 0 Å². The Bertz CT molecular complexity index is 1680. The Labute approximate surface area is 208 Å². The number of carbonyl (C=O) groups is 1. The molecule has 5 rings (SSSR count). The number of fused-ring (bicyclic) bond motifs is 2. The summed E-state index contributed by atoms with van der Waals surface area (Å²) in [4.78, 5) is 25.6. The van der Waals surface area contributed by atoms with Gasteiger partial charge in [0.25, 0.3) is 5.91 Å². The van der Waals surface area contributed by atoms with Crippen LogP contribution in [-0.4, -0.2) is 29.3 Å². The van der Waals surface area contributed by atoms with Gasteiger partial charge in [0.15, 0.2) is 5.43 Å². The zero-order chi connectivity index (χ0) is 25.4. The van der Waals surface area contributed by atoms with Gasteiger partial charge in [-0.05, 0) is 67.8 Å². The second-order valence-electron chi connectivity index (χ2n) is 9.06. The molecule has 0 spiro atoms. The number of aromatic nitrogens is 2. The van der Waals surface area contributed by atoms with Gasteiger partial charge in [0.2, 0.25) is 0 Å². The molecule has 0 atom stereocenters. The number of hydrogen-bond donors (Lipinski definition) is 2. The van der Waals surface area contributed by atoms with Crippen molar-refractivity contribution in [3.63, 3.8) is 0 Å². The molecule has 0 unspecified atom stereocenters. The fraction of sp³-hybridized carbons (Fsp3) is 0.207. The van der Waals surface area contributed by atoms with E-state index >= 15 is 0 Å². The lowest BCUT2D eigenvalue weighted by Crippen LogP contribution is -2.20. The van der Waals surface area contributed by atoms with E-state index in [1.807, 2.05) is 69.6 Å². The van der Waals surface area contributed by atoms with E-state index in [0.29, 0.717) is 40.8 Å². The molecule has 0 radical (unpaired) electrons. The third kappa shape index (κ3) is 4.24. The Morgan fingerprint density at radius 2 is 1.89 bits per heavy atom. The van der Waals surface area contributed by atoms with Crippen molar-refractivity contribution < 1.29 is 9.21 Å². The number of amides is 1. The molecular weight excluding hydrogens is 452 g/mol. The van der Waals surface area contributed by atoms with Gasteiger partial charge < -0.3 is 15.1 Å². The summed E-state index contributed by atoms with van der Waals surface area (Å²) in [5, 5.41) is 12.0. The van der Waals surface area contributed by atoms with Gasteiger partial charge in [-0.2, -0.15) is 5.10 Å². The van der Waals surface area contributed by atoms with Crippen molar-refractivity contribution in [2.75, 3.05) is 18.9 Å². The lowest BCUT2D eigenvalue weighted by molar-refractivity contribution is 0.0964. The minimum absolute atomic E-state index is 0.0274. The maximum Gasteiger partial charge on any atom is 0.253 e. The molecule has 0 saturated heterocycles. The van der Waals surface area contributed by atoms with Gasteiger partial charge in [-0.25, -0.2) is 0 Å². The molecule has 0 fully saturated rings. The van der Waals surface area contributed by atoms with E-state index in [0.717, 1.165) is 33.3 Å². The second kappa shape index (κ2) is 9.34. The first-order chi connectivity index (χ1) is 17.4. The molecule has 0 bridgehead atoms. The van der Waals surface area contributed by atoms with Crippen LogP contribution in [0.5, 0.6) is 0 Å². The number of hydrogen-bond acceptors (Lipinski definition) is 5. The number of carbonyl (C=O) groups excluding carboxylic acids is 1. The summed E-state index contributed by atoms with van der Waals surface area (Å²) in [7, 11) is 3.50. The molecule has 2 heterocycles. The van der Waals surface area contributed by atoms with Gasteiger partial charge >= 0.3 is 0 Å². The molecule has 2 N–H and O–H groups in total. The predicted molar refractivity (Wildman–Crippen MR) is 144 cm³/mol. The Hall–Kier alpha value is -4.39. The SMILES string of the molecule is CNC(=O)c1ccccc1NCCc1cc(C)cc2c(=O)c(C)c(-c3ccc4nn(C)cc4c3)oc12. The first-order valence-corrected chi connectivity index (χ1v) is 11.9. The smallest absolute Gasteiger partial charge is 0.253 e. The maximum atomic E-state index is 13.4. The molecule has 7 heteroatoms. The number of benzene rings is 3. The Kier molecular flexibility index (Phi) is 6.06. The van der Waals surface area contributed by atoms with E-state index in [9.17, 15) is 9.59 Å². The topological polar surface area (TPSA) is 89.2 Å². The Morgan fingerprint density at radius 3 is 2.69 bits per heavy atom. The highest BCUT2D eigenvalue weighted by Crippen LogP contribution is 2.30. The van der Waals surface area contributed by atoms with Crippen molar-refractivity contribution in [1.29, 1.82) is 0 Å². The first-order valence-electron chi connectivity index (χ1n) is 11.9. The molecule has 182 valence electrons. The molecule has 1 amide bonds. The van der Waals surface area contributed by atoms with Crippen LogP contribution in [0.25, 0.3) is 33.2 Å². The number of aryl methyl sites for hydroxylation is 2. The van der Waals surface area contributed by atoms with Crippen LogP contribution in [0.3, 0.4) is 0 Å². The van der Waals surface area contributed by atoms with Crippen LogP contribution in [0, 0.1) is 13.8 Å². The summed E-state index contributed by atoms with van der Waals surface area (Å²) < 4.78 is 8.24. The van der Waals surface area contributed by atoms with E-state index in [-0.39, 0.29) is 11.3 Å². The lowest BCUT2D eigenvalue weighted by Gasteiger charge is -2.14. The summed E-state index contributed by atoms with van der Waals surface area (Å²) >= 11 is 0. The first kappa shape index (κ1) is 23.4. The predicted octanol–water partition coefficient (Wildman–Crippen LogP) is 4.98. The van der Waals surface area contributed by atoms with Gasteiger partial charge in [0.1, 0.15) is 11.3 Å². The third-order valence-corrected chi connectivity index (χ3v) is 6.43. The average molecular weight is 481 g/mol. The standard InChI is InChI=1S/C29H28N4O3/c1-17-13-20(11-12-31-25-8-6-5-7-22(25)29(35)30-3)28-23(14-17)26(34)18(2)27(36-28)19-9-10-24-21(15-19)16-33(4)32-24/h5-10,13-16,31H,11-12H2,1-4H3,(H,30,35). The second-order valence-corrected chi connectivity index (χ2v) is 9.06. The molecule has 5 aromatic rings. The molecule has 0 saturated carbocycles. The minimum atomic E-state index is -0.143. The fourth-order valence-electron chi connectivity index (χ4n) is 4.67. The van der Waals surface area contributed by atoms with E-state index in [2.05, 4.69) is 21.8 Å². The summed E-state index contributed by atoms with van der Waals surface area (Å²) in [5.74, 6) is 0.428. The number of para-hydroxylation sites is 1. The van der Waals surface area contributed by atoms with E-state index < -0.39 is 0 Å². The van der Waals surface area contributed by atoms with Crippen molar-refractivity contribution in [3.05, 3.63) is 93.3 Å². The van der Waals surface area contributed by atoms with E-state index in [1.54, 1.807) is 17.8 Å². The highest BCUT2D eigenvalue weighted by atomic mass is 16.3. The van der Waals surface area contributed by atoms with Crippen molar-refractivity contribution in [1.82, 2.24) is 15.1 Å². The molecule has 0 aliphatic heterocycles. The van der Waals surface area contributed by atoms with Gasteiger partial charge in [0.05, 0.1) is 16.5 Å². The van der Waals surface area contributed by atoms with Crippen LogP contribution in [0.2, 0.25) is 0 Å². The molecule has 2 aromatic heterocycles. The molecule has 0 aliphatic rings. The third-order valence-electron chi connectivity index (χ3n) is 6.43. The number of nitrogens with zero attached hydrogens (tertiary/aromatic N) is 2. The molecular formula is C29H28N4O3. The van der Waals surface area contributed by atoms with E-state index in [4.69, 9.17) is 4.42 Å².